The first-order valence-corrected chi connectivity index (χ1v) is 7.12. The van der Waals surface area contributed by atoms with E-state index in [4.69, 9.17) is 0 Å². The van der Waals surface area contributed by atoms with Crippen molar-refractivity contribution in [2.75, 3.05) is 0 Å². The minimum Gasteiger partial charge on any atom is -0.480 e. The molecule has 0 aliphatic carbocycles. The molecule has 2 rings (SSSR count). The van der Waals surface area contributed by atoms with Crippen LogP contribution in [0.5, 0.6) is 0 Å². The van der Waals surface area contributed by atoms with E-state index >= 15 is 0 Å². The van der Waals surface area contributed by atoms with Crippen LogP contribution in [0.1, 0.15) is 21.5 Å². The van der Waals surface area contributed by atoms with Crippen molar-refractivity contribution < 1.29 is 32.3 Å². The highest BCUT2D eigenvalue weighted by atomic mass is 19.4. The monoisotopic (exact) mass is 355 g/mol. The summed E-state index contributed by atoms with van der Waals surface area (Å²) < 4.78 is 51.0. The van der Waals surface area contributed by atoms with Gasteiger partial charge in [-0.25, -0.2) is 9.18 Å². The van der Waals surface area contributed by atoms with Crippen LogP contribution >= 0.6 is 0 Å². The lowest BCUT2D eigenvalue weighted by atomic mass is 10.0. The molecule has 4 nitrogen and oxygen atoms in total. The highest BCUT2D eigenvalue weighted by molar-refractivity contribution is 5.96. The van der Waals surface area contributed by atoms with Crippen molar-refractivity contribution in [3.05, 3.63) is 71.0 Å². The van der Waals surface area contributed by atoms with Crippen molar-refractivity contribution in [1.29, 1.82) is 0 Å². The van der Waals surface area contributed by atoms with Crippen LogP contribution in [0.2, 0.25) is 0 Å². The molecule has 0 unspecified atom stereocenters. The molecule has 0 bridgehead atoms. The smallest absolute Gasteiger partial charge is 0.416 e. The van der Waals surface area contributed by atoms with Gasteiger partial charge in [0.1, 0.15) is 11.9 Å². The maximum Gasteiger partial charge on any atom is 0.416 e. The van der Waals surface area contributed by atoms with Crippen molar-refractivity contribution >= 4 is 11.9 Å². The third-order valence-electron chi connectivity index (χ3n) is 3.40. The largest absolute Gasteiger partial charge is 0.480 e. The van der Waals surface area contributed by atoms with E-state index < -0.39 is 35.5 Å². The Morgan fingerprint density at radius 1 is 1.08 bits per heavy atom. The highest BCUT2D eigenvalue weighted by Gasteiger charge is 2.31. The van der Waals surface area contributed by atoms with Gasteiger partial charge in [-0.15, -0.1) is 0 Å². The number of alkyl halides is 3. The first kappa shape index (κ1) is 18.4. The first-order chi connectivity index (χ1) is 11.7. The summed E-state index contributed by atoms with van der Waals surface area (Å²) in [6.07, 6.45) is -4.88. The Kier molecular flexibility index (Phi) is 5.41. The molecule has 0 aromatic heterocycles. The molecule has 0 aliphatic heterocycles. The second kappa shape index (κ2) is 7.33. The zero-order valence-corrected chi connectivity index (χ0v) is 12.7. The normalized spacial score (nSPS) is 12.5. The topological polar surface area (TPSA) is 66.4 Å². The number of hydrogen-bond donors (Lipinski definition) is 2. The van der Waals surface area contributed by atoms with E-state index in [9.17, 15) is 32.3 Å². The molecule has 2 aromatic carbocycles. The SMILES string of the molecule is O=C(N[C@@H](Cc1cccc(C(F)(F)F)c1)C(=O)O)c1ccc(F)cc1. The van der Waals surface area contributed by atoms with Crippen LogP contribution in [-0.2, 0) is 17.4 Å². The maximum atomic E-state index is 12.8. The van der Waals surface area contributed by atoms with Gasteiger partial charge in [0, 0.05) is 12.0 Å². The van der Waals surface area contributed by atoms with Gasteiger partial charge < -0.3 is 10.4 Å². The number of carbonyl (C=O) groups is 2. The number of benzene rings is 2. The second-order valence-corrected chi connectivity index (χ2v) is 5.27. The first-order valence-electron chi connectivity index (χ1n) is 7.12. The van der Waals surface area contributed by atoms with Gasteiger partial charge in [-0.2, -0.15) is 13.2 Å². The van der Waals surface area contributed by atoms with E-state index in [0.29, 0.717) is 0 Å². The van der Waals surface area contributed by atoms with Gasteiger partial charge in [-0.05, 0) is 35.9 Å². The lowest BCUT2D eigenvalue weighted by molar-refractivity contribution is -0.139. The van der Waals surface area contributed by atoms with E-state index in [1.165, 1.54) is 24.3 Å². The number of carboxylic acids is 1. The average Bonchev–Trinajstić information content (AvgIpc) is 2.54. The van der Waals surface area contributed by atoms with E-state index in [1.807, 2.05) is 0 Å². The van der Waals surface area contributed by atoms with E-state index in [2.05, 4.69) is 5.32 Å². The van der Waals surface area contributed by atoms with Gasteiger partial charge in [0.2, 0.25) is 0 Å². The second-order valence-electron chi connectivity index (χ2n) is 5.27. The van der Waals surface area contributed by atoms with Crippen LogP contribution in [0, 0.1) is 5.82 Å². The third-order valence-corrected chi connectivity index (χ3v) is 3.40. The van der Waals surface area contributed by atoms with Gasteiger partial charge in [0.15, 0.2) is 0 Å². The number of aliphatic carboxylic acids is 1. The Morgan fingerprint density at radius 3 is 2.28 bits per heavy atom. The van der Waals surface area contributed by atoms with E-state index in [1.54, 1.807) is 0 Å². The minimum atomic E-state index is -4.55. The van der Waals surface area contributed by atoms with E-state index in [-0.39, 0.29) is 17.5 Å². The Labute approximate surface area is 140 Å². The molecule has 2 N–H and O–H groups in total. The average molecular weight is 355 g/mol. The summed E-state index contributed by atoms with van der Waals surface area (Å²) in [5.41, 5.74) is -0.752. The van der Waals surface area contributed by atoms with Crippen LogP contribution < -0.4 is 5.32 Å². The Balaban J connectivity index is 2.15. The number of amides is 1. The summed E-state index contributed by atoms with van der Waals surface area (Å²) in [4.78, 5) is 23.3. The van der Waals surface area contributed by atoms with Crippen LogP contribution in [-0.4, -0.2) is 23.0 Å². The molecule has 0 fully saturated rings. The predicted octanol–water partition coefficient (Wildman–Crippen LogP) is 3.27. The Hall–Kier alpha value is -2.90. The molecule has 0 saturated heterocycles. The molecule has 0 heterocycles. The number of hydrogen-bond acceptors (Lipinski definition) is 2. The molecule has 2 aromatic rings. The standard InChI is InChI=1S/C17H13F4NO3/c18-13-6-4-11(5-7-13)15(23)22-14(16(24)25)9-10-2-1-3-12(8-10)17(19,20)21/h1-8,14H,9H2,(H,22,23)(H,24,25)/t14-/m0/s1. The number of carbonyl (C=O) groups excluding carboxylic acids is 1. The van der Waals surface area contributed by atoms with Gasteiger partial charge in [0.05, 0.1) is 5.56 Å². The summed E-state index contributed by atoms with van der Waals surface area (Å²) >= 11 is 0. The number of carboxylic acid groups (broad SMARTS) is 1. The quantitative estimate of drug-likeness (QED) is 0.809. The lowest BCUT2D eigenvalue weighted by Crippen LogP contribution is -2.42. The molecule has 8 heteroatoms. The molecule has 0 saturated carbocycles. The summed E-state index contributed by atoms with van der Waals surface area (Å²) in [5.74, 6) is -2.72. The molecule has 25 heavy (non-hydrogen) atoms. The van der Waals surface area contributed by atoms with Crippen molar-refractivity contribution in [2.24, 2.45) is 0 Å². The fraction of sp³-hybridized carbons (Fsp3) is 0.176. The summed E-state index contributed by atoms with van der Waals surface area (Å²) in [5, 5.41) is 11.4. The molecule has 1 atom stereocenters. The van der Waals surface area contributed by atoms with Crippen LogP contribution in [0.4, 0.5) is 17.6 Å². The number of rotatable bonds is 5. The minimum absolute atomic E-state index is 0.0386. The predicted molar refractivity (Wildman–Crippen MR) is 80.4 cm³/mol. The summed E-state index contributed by atoms with van der Waals surface area (Å²) in [6.45, 7) is 0. The lowest BCUT2D eigenvalue weighted by Gasteiger charge is -2.16. The third kappa shape index (κ3) is 5.03. The Morgan fingerprint density at radius 2 is 1.72 bits per heavy atom. The van der Waals surface area contributed by atoms with Crippen molar-refractivity contribution in [2.45, 2.75) is 18.6 Å². The van der Waals surface area contributed by atoms with Gasteiger partial charge in [0.25, 0.3) is 5.91 Å². The van der Waals surface area contributed by atoms with Crippen LogP contribution in [0.15, 0.2) is 48.5 Å². The highest BCUT2D eigenvalue weighted by Crippen LogP contribution is 2.29. The van der Waals surface area contributed by atoms with E-state index in [0.717, 1.165) is 24.3 Å². The Bertz CT molecular complexity index is 772. The molecule has 0 spiro atoms. The van der Waals surface area contributed by atoms with Crippen LogP contribution in [0.25, 0.3) is 0 Å². The molecule has 132 valence electrons. The summed E-state index contributed by atoms with van der Waals surface area (Å²) in [6, 6.07) is 7.21. The fourth-order valence-corrected chi connectivity index (χ4v) is 2.15. The number of nitrogens with one attached hydrogen (secondary N) is 1. The zero-order chi connectivity index (χ0) is 18.6. The van der Waals surface area contributed by atoms with Gasteiger partial charge >= 0.3 is 12.1 Å². The molecule has 0 radical (unpaired) electrons. The van der Waals surface area contributed by atoms with Gasteiger partial charge in [-0.3, -0.25) is 4.79 Å². The number of halogens is 4. The van der Waals surface area contributed by atoms with Crippen LogP contribution in [0.3, 0.4) is 0 Å². The van der Waals surface area contributed by atoms with Crippen molar-refractivity contribution in [1.82, 2.24) is 5.32 Å². The molecular formula is C17H13F4NO3. The van der Waals surface area contributed by atoms with Gasteiger partial charge in [-0.1, -0.05) is 18.2 Å². The molecule has 1 amide bonds. The maximum absolute atomic E-state index is 12.8. The fourth-order valence-electron chi connectivity index (χ4n) is 2.15. The zero-order valence-electron chi connectivity index (χ0n) is 12.7. The van der Waals surface area contributed by atoms with Crippen molar-refractivity contribution in [3.8, 4) is 0 Å². The summed E-state index contributed by atoms with van der Waals surface area (Å²) in [7, 11) is 0. The van der Waals surface area contributed by atoms with Crippen molar-refractivity contribution in [3.63, 3.8) is 0 Å². The molecule has 0 aliphatic rings. The molecular weight excluding hydrogens is 342 g/mol.